The van der Waals surface area contributed by atoms with Gasteiger partial charge >= 0.3 is 11.9 Å². The van der Waals surface area contributed by atoms with Crippen LogP contribution in [0.2, 0.25) is 5.02 Å². The van der Waals surface area contributed by atoms with E-state index in [1.165, 1.54) is 26.4 Å². The van der Waals surface area contributed by atoms with Crippen molar-refractivity contribution in [3.05, 3.63) is 107 Å². The second-order valence-corrected chi connectivity index (χ2v) is 11.2. The number of carboxylic acids is 1. The number of fused-ring (bicyclic) bond motifs is 1. The molecule has 8 heteroatoms. The molecule has 1 N–H and O–H groups in total. The van der Waals surface area contributed by atoms with Crippen molar-refractivity contribution < 1.29 is 24.2 Å². The Hall–Kier alpha value is -4.62. The summed E-state index contributed by atoms with van der Waals surface area (Å²) in [5.74, 6) is 0.180. The monoisotopic (exact) mass is 594 g/mol. The molecule has 0 atom stereocenters. The average Bonchev–Trinajstić information content (AvgIpc) is 3.43. The second kappa shape index (κ2) is 12.3. The third kappa shape index (κ3) is 5.99. The molecular formula is C35H31ClN2O5. The van der Waals surface area contributed by atoms with Gasteiger partial charge in [0.15, 0.2) is 0 Å². The number of benzene rings is 4. The Bertz CT molecular complexity index is 1790. The van der Waals surface area contributed by atoms with Crippen molar-refractivity contribution in [2.45, 2.75) is 44.8 Å². The van der Waals surface area contributed by atoms with Crippen molar-refractivity contribution in [1.82, 2.24) is 9.55 Å². The highest BCUT2D eigenvalue weighted by Crippen LogP contribution is 2.37. The topological polar surface area (TPSA) is 90.7 Å². The standard InChI is InChI=1S/C35H31ClN2O5/c1-42-35(41)25-13-18-32-31(20-25)37-33(38(32)28-5-3-2-4-6-28)23-11-16-29(17-12-23)43-21-26-8-7-24(34(39)40)19-30(26)22-9-14-27(36)15-10-22/h7-20,28H,2-6,21H2,1H3,(H,39,40). The van der Waals surface area contributed by atoms with Gasteiger partial charge in [-0.2, -0.15) is 0 Å². The summed E-state index contributed by atoms with van der Waals surface area (Å²) < 4.78 is 13.4. The molecule has 0 spiro atoms. The molecule has 0 bridgehead atoms. The molecule has 0 aliphatic heterocycles. The summed E-state index contributed by atoms with van der Waals surface area (Å²) in [5, 5.41) is 10.1. The van der Waals surface area contributed by atoms with Crippen LogP contribution in [0.3, 0.4) is 0 Å². The maximum absolute atomic E-state index is 12.2. The summed E-state index contributed by atoms with van der Waals surface area (Å²) >= 11 is 6.08. The first-order valence-corrected chi connectivity index (χ1v) is 14.7. The molecule has 218 valence electrons. The molecule has 4 aromatic carbocycles. The van der Waals surface area contributed by atoms with Gasteiger partial charge in [0.1, 0.15) is 18.2 Å². The molecule has 6 rings (SSSR count). The number of ether oxygens (including phenoxy) is 2. The molecule has 5 aromatic rings. The fourth-order valence-electron chi connectivity index (χ4n) is 5.85. The quantitative estimate of drug-likeness (QED) is 0.181. The Morgan fingerprint density at radius 3 is 2.28 bits per heavy atom. The van der Waals surface area contributed by atoms with E-state index in [4.69, 9.17) is 26.1 Å². The minimum atomic E-state index is -0.987. The average molecular weight is 595 g/mol. The molecule has 1 heterocycles. The Labute approximate surface area is 254 Å². The van der Waals surface area contributed by atoms with E-state index in [2.05, 4.69) is 4.57 Å². The van der Waals surface area contributed by atoms with E-state index in [1.54, 1.807) is 42.5 Å². The highest BCUT2D eigenvalue weighted by molar-refractivity contribution is 6.30. The SMILES string of the molecule is COC(=O)c1ccc2c(c1)nc(-c1ccc(OCc3ccc(C(=O)O)cc3-c3ccc(Cl)cc3)cc1)n2C1CCCCC1. The maximum atomic E-state index is 12.2. The van der Waals surface area contributed by atoms with E-state index in [0.29, 0.717) is 22.4 Å². The van der Waals surface area contributed by atoms with Gasteiger partial charge in [0.2, 0.25) is 0 Å². The third-order valence-electron chi connectivity index (χ3n) is 8.07. The van der Waals surface area contributed by atoms with Crippen LogP contribution >= 0.6 is 11.6 Å². The van der Waals surface area contributed by atoms with E-state index < -0.39 is 5.97 Å². The van der Waals surface area contributed by atoms with Crippen molar-refractivity contribution in [2.75, 3.05) is 7.11 Å². The summed E-state index contributed by atoms with van der Waals surface area (Å²) in [4.78, 5) is 28.8. The van der Waals surface area contributed by atoms with Crippen LogP contribution in [0.15, 0.2) is 84.9 Å². The van der Waals surface area contributed by atoms with Gasteiger partial charge in [-0.05, 0) is 96.3 Å². The number of aromatic carboxylic acids is 1. The van der Waals surface area contributed by atoms with Crippen LogP contribution in [0, 0.1) is 0 Å². The Balaban J connectivity index is 1.29. The first-order chi connectivity index (χ1) is 20.9. The van der Waals surface area contributed by atoms with Crippen LogP contribution in [0.1, 0.15) is 64.4 Å². The predicted octanol–water partition coefficient (Wildman–Crippen LogP) is 8.59. The van der Waals surface area contributed by atoms with Crippen LogP contribution in [-0.2, 0) is 11.3 Å². The fourth-order valence-corrected chi connectivity index (χ4v) is 5.98. The molecule has 1 fully saturated rings. The van der Waals surface area contributed by atoms with Gasteiger partial charge < -0.3 is 19.1 Å². The van der Waals surface area contributed by atoms with Crippen LogP contribution in [0.25, 0.3) is 33.5 Å². The van der Waals surface area contributed by atoms with Crippen molar-refractivity contribution in [3.8, 4) is 28.3 Å². The zero-order valence-electron chi connectivity index (χ0n) is 23.8. The molecule has 1 aliphatic rings. The van der Waals surface area contributed by atoms with Gasteiger partial charge in [-0.25, -0.2) is 14.6 Å². The van der Waals surface area contributed by atoms with Crippen molar-refractivity contribution in [3.63, 3.8) is 0 Å². The number of imidazole rings is 1. The highest BCUT2D eigenvalue weighted by atomic mass is 35.5. The molecule has 1 aromatic heterocycles. The zero-order chi connectivity index (χ0) is 29.9. The van der Waals surface area contributed by atoms with Crippen LogP contribution in [0.5, 0.6) is 5.75 Å². The largest absolute Gasteiger partial charge is 0.489 e. The predicted molar refractivity (Wildman–Crippen MR) is 167 cm³/mol. The minimum Gasteiger partial charge on any atom is -0.489 e. The molecule has 0 unspecified atom stereocenters. The van der Waals surface area contributed by atoms with E-state index in [0.717, 1.165) is 52.0 Å². The summed E-state index contributed by atoms with van der Waals surface area (Å²) in [6, 6.07) is 26.1. The van der Waals surface area contributed by atoms with E-state index in [9.17, 15) is 14.7 Å². The number of hydrogen-bond donors (Lipinski definition) is 1. The number of nitrogens with zero attached hydrogens (tertiary/aromatic N) is 2. The number of hydrogen-bond acceptors (Lipinski definition) is 5. The molecule has 0 radical (unpaired) electrons. The van der Waals surface area contributed by atoms with Gasteiger partial charge in [0.05, 0.1) is 29.3 Å². The molecular weight excluding hydrogens is 564 g/mol. The lowest BCUT2D eigenvalue weighted by atomic mass is 9.95. The zero-order valence-corrected chi connectivity index (χ0v) is 24.5. The van der Waals surface area contributed by atoms with Gasteiger partial charge in [-0.1, -0.05) is 49.1 Å². The lowest BCUT2D eigenvalue weighted by molar-refractivity contribution is 0.0600. The molecule has 1 aliphatic carbocycles. The van der Waals surface area contributed by atoms with Gasteiger partial charge in [-0.3, -0.25) is 0 Å². The van der Waals surface area contributed by atoms with Gasteiger partial charge in [0, 0.05) is 16.6 Å². The molecule has 1 saturated carbocycles. The summed E-state index contributed by atoms with van der Waals surface area (Å²) in [6.07, 6.45) is 5.80. The number of carbonyl (C=O) groups excluding carboxylic acids is 1. The molecule has 0 amide bonds. The maximum Gasteiger partial charge on any atom is 0.337 e. The number of aromatic nitrogens is 2. The summed E-state index contributed by atoms with van der Waals surface area (Å²) in [5.41, 5.74) is 5.92. The number of rotatable bonds is 8. The Kier molecular flexibility index (Phi) is 8.16. The summed E-state index contributed by atoms with van der Waals surface area (Å²) in [6.45, 7) is 0.258. The molecule has 43 heavy (non-hydrogen) atoms. The number of esters is 1. The fraction of sp³-hybridized carbons (Fsp3) is 0.229. The summed E-state index contributed by atoms with van der Waals surface area (Å²) in [7, 11) is 1.38. The van der Waals surface area contributed by atoms with Crippen LogP contribution in [-0.4, -0.2) is 33.7 Å². The smallest absolute Gasteiger partial charge is 0.337 e. The van der Waals surface area contributed by atoms with Gasteiger partial charge in [-0.15, -0.1) is 0 Å². The Morgan fingerprint density at radius 1 is 0.884 bits per heavy atom. The van der Waals surface area contributed by atoms with E-state index >= 15 is 0 Å². The lowest BCUT2D eigenvalue weighted by Crippen LogP contribution is -2.14. The molecule has 7 nitrogen and oxygen atoms in total. The minimum absolute atomic E-state index is 0.206. The molecule has 0 saturated heterocycles. The Morgan fingerprint density at radius 2 is 1.58 bits per heavy atom. The van der Waals surface area contributed by atoms with E-state index in [-0.39, 0.29) is 18.1 Å². The number of halogens is 1. The number of carbonyl (C=O) groups is 2. The van der Waals surface area contributed by atoms with Crippen LogP contribution in [0.4, 0.5) is 0 Å². The number of carboxylic acid groups (broad SMARTS) is 1. The van der Waals surface area contributed by atoms with Gasteiger partial charge in [0.25, 0.3) is 0 Å². The van der Waals surface area contributed by atoms with Crippen LogP contribution < -0.4 is 4.74 Å². The third-order valence-corrected chi connectivity index (χ3v) is 8.32. The van der Waals surface area contributed by atoms with E-state index in [1.807, 2.05) is 42.5 Å². The second-order valence-electron chi connectivity index (χ2n) is 10.8. The normalized spacial score (nSPS) is 13.6. The number of methoxy groups -OCH3 is 1. The van der Waals surface area contributed by atoms with Crippen molar-refractivity contribution in [2.24, 2.45) is 0 Å². The first kappa shape index (κ1) is 28.5. The van der Waals surface area contributed by atoms with Crippen molar-refractivity contribution >= 4 is 34.6 Å². The first-order valence-electron chi connectivity index (χ1n) is 14.4. The van der Waals surface area contributed by atoms with Crippen molar-refractivity contribution in [1.29, 1.82) is 0 Å². The highest BCUT2D eigenvalue weighted by Gasteiger charge is 2.23. The lowest BCUT2D eigenvalue weighted by Gasteiger charge is -2.25.